The van der Waals surface area contributed by atoms with E-state index >= 15 is 0 Å². The molecule has 0 aliphatic heterocycles. The third-order valence-corrected chi connectivity index (χ3v) is 3.91. The van der Waals surface area contributed by atoms with E-state index in [4.69, 9.17) is 4.74 Å². The summed E-state index contributed by atoms with van der Waals surface area (Å²) in [6, 6.07) is 6.29. The Hall–Kier alpha value is -2.97. The molecule has 0 spiro atoms. The molecular weight excluding hydrogens is 393 g/mol. The molecule has 0 amide bonds. The number of rotatable bonds is 4. The number of hydrogen-bond acceptors (Lipinski definition) is 2. The zero-order chi connectivity index (χ0) is 20.6. The van der Waals surface area contributed by atoms with Crippen molar-refractivity contribution in [3.05, 3.63) is 59.7 Å². The molecule has 148 valence electrons. The molecule has 0 aliphatic rings. The molecule has 0 fully saturated rings. The van der Waals surface area contributed by atoms with Crippen LogP contribution in [0.25, 0.3) is 21.9 Å². The van der Waals surface area contributed by atoms with Gasteiger partial charge in [0.25, 0.3) is 0 Å². The van der Waals surface area contributed by atoms with Gasteiger partial charge in [0, 0.05) is 11.6 Å². The van der Waals surface area contributed by atoms with Gasteiger partial charge in [-0.1, -0.05) is 0 Å². The Morgan fingerprint density at radius 2 is 1.57 bits per heavy atom. The fraction of sp³-hybridized carbons (Fsp3) is 0.158. The lowest BCUT2D eigenvalue weighted by Crippen LogP contribution is -2.20. The van der Waals surface area contributed by atoms with E-state index in [9.17, 15) is 30.7 Å². The molecule has 0 unspecified atom stereocenters. The second-order valence-corrected chi connectivity index (χ2v) is 5.81. The van der Waals surface area contributed by atoms with Crippen LogP contribution < -0.4 is 9.47 Å². The Bertz CT molecular complexity index is 1040. The van der Waals surface area contributed by atoms with E-state index in [1.54, 1.807) is 0 Å². The molecule has 9 heteroatoms. The standard InChI is InChI=1S/C19H11F7O2/c1-27-11-2-3-12(13(20)7-11)9-4-10-6-15(22)18(28-8-19(24,25)26)17(23)16(10)14(21)5-9/h2-7H,8H2,1H3. The van der Waals surface area contributed by atoms with Gasteiger partial charge in [0.1, 0.15) is 17.4 Å². The van der Waals surface area contributed by atoms with Gasteiger partial charge in [-0.3, -0.25) is 0 Å². The van der Waals surface area contributed by atoms with Crippen LogP contribution in [0.2, 0.25) is 0 Å². The molecule has 0 saturated carbocycles. The fourth-order valence-corrected chi connectivity index (χ4v) is 2.69. The highest BCUT2D eigenvalue weighted by atomic mass is 19.4. The summed E-state index contributed by atoms with van der Waals surface area (Å²) in [5.41, 5.74) is -0.0762. The van der Waals surface area contributed by atoms with E-state index in [-0.39, 0.29) is 22.3 Å². The van der Waals surface area contributed by atoms with Gasteiger partial charge in [0.05, 0.1) is 12.5 Å². The number of benzene rings is 3. The third kappa shape index (κ3) is 3.83. The fourth-order valence-electron chi connectivity index (χ4n) is 2.69. The van der Waals surface area contributed by atoms with Gasteiger partial charge in [0.2, 0.25) is 0 Å². The molecular formula is C19H11F7O2. The number of alkyl halides is 3. The summed E-state index contributed by atoms with van der Waals surface area (Å²) in [5.74, 6) is -6.15. The van der Waals surface area contributed by atoms with Crippen molar-refractivity contribution in [3.8, 4) is 22.6 Å². The first-order valence-corrected chi connectivity index (χ1v) is 7.75. The van der Waals surface area contributed by atoms with Crippen LogP contribution in [0.5, 0.6) is 11.5 Å². The Balaban J connectivity index is 2.12. The third-order valence-electron chi connectivity index (χ3n) is 3.91. The van der Waals surface area contributed by atoms with Crippen LogP contribution in [-0.4, -0.2) is 19.9 Å². The molecule has 0 heterocycles. The maximum atomic E-state index is 14.5. The number of hydrogen-bond donors (Lipinski definition) is 0. The van der Waals surface area contributed by atoms with E-state index in [1.165, 1.54) is 19.2 Å². The minimum absolute atomic E-state index is 0.0205. The van der Waals surface area contributed by atoms with Crippen molar-refractivity contribution in [2.24, 2.45) is 0 Å². The van der Waals surface area contributed by atoms with Crippen molar-refractivity contribution < 1.29 is 40.2 Å². The topological polar surface area (TPSA) is 18.5 Å². The number of ether oxygens (including phenoxy) is 2. The van der Waals surface area contributed by atoms with E-state index in [0.29, 0.717) is 6.07 Å². The Labute approximate surface area is 154 Å². The van der Waals surface area contributed by atoms with Crippen LogP contribution in [0.1, 0.15) is 0 Å². The van der Waals surface area contributed by atoms with Crippen molar-refractivity contribution in [1.82, 2.24) is 0 Å². The molecule has 0 radical (unpaired) electrons. The maximum Gasteiger partial charge on any atom is 0.422 e. The normalized spacial score (nSPS) is 11.7. The van der Waals surface area contributed by atoms with E-state index in [0.717, 1.165) is 18.2 Å². The summed E-state index contributed by atoms with van der Waals surface area (Å²) < 4.78 is 103. The number of halogens is 7. The number of fused-ring (bicyclic) bond motifs is 1. The predicted octanol–water partition coefficient (Wildman–Crippen LogP) is 6.01. The van der Waals surface area contributed by atoms with Crippen molar-refractivity contribution in [2.45, 2.75) is 6.18 Å². The number of methoxy groups -OCH3 is 1. The maximum absolute atomic E-state index is 14.5. The molecule has 0 bridgehead atoms. The van der Waals surface area contributed by atoms with Crippen molar-refractivity contribution in [1.29, 1.82) is 0 Å². The molecule has 28 heavy (non-hydrogen) atoms. The SMILES string of the molecule is COc1ccc(-c2cc(F)c3c(F)c(OCC(F)(F)F)c(F)cc3c2)c(F)c1. The van der Waals surface area contributed by atoms with E-state index in [2.05, 4.69) is 4.74 Å². The van der Waals surface area contributed by atoms with E-state index in [1.807, 2.05) is 0 Å². The molecule has 0 aromatic heterocycles. The first-order valence-electron chi connectivity index (χ1n) is 7.75. The highest BCUT2D eigenvalue weighted by Crippen LogP contribution is 2.36. The van der Waals surface area contributed by atoms with Crippen molar-refractivity contribution in [3.63, 3.8) is 0 Å². The summed E-state index contributed by atoms with van der Waals surface area (Å²) in [6.45, 7) is -1.94. The van der Waals surface area contributed by atoms with Gasteiger partial charge < -0.3 is 9.47 Å². The lowest BCUT2D eigenvalue weighted by Gasteiger charge is -2.14. The Morgan fingerprint density at radius 1 is 0.857 bits per heavy atom. The molecule has 3 aromatic rings. The zero-order valence-electron chi connectivity index (χ0n) is 14.1. The van der Waals surface area contributed by atoms with E-state index < -0.39 is 47.2 Å². The molecule has 0 N–H and O–H groups in total. The highest BCUT2D eigenvalue weighted by molar-refractivity contribution is 5.90. The molecule has 3 aromatic carbocycles. The van der Waals surface area contributed by atoms with Gasteiger partial charge in [-0.25, -0.2) is 17.6 Å². The van der Waals surface area contributed by atoms with Gasteiger partial charge in [-0.15, -0.1) is 0 Å². The second-order valence-electron chi connectivity index (χ2n) is 5.81. The van der Waals surface area contributed by atoms with Gasteiger partial charge >= 0.3 is 6.18 Å². The molecule has 0 aliphatic carbocycles. The van der Waals surface area contributed by atoms with Crippen molar-refractivity contribution >= 4 is 10.8 Å². The minimum Gasteiger partial charge on any atom is -0.497 e. The smallest absolute Gasteiger partial charge is 0.422 e. The lowest BCUT2D eigenvalue weighted by molar-refractivity contribution is -0.154. The summed E-state index contributed by atoms with van der Waals surface area (Å²) >= 11 is 0. The molecule has 0 saturated heterocycles. The van der Waals surface area contributed by atoms with Gasteiger partial charge in [0.15, 0.2) is 24.0 Å². The van der Waals surface area contributed by atoms with Crippen LogP contribution in [0.4, 0.5) is 30.7 Å². The van der Waals surface area contributed by atoms with Crippen LogP contribution in [-0.2, 0) is 0 Å². The predicted molar refractivity (Wildman–Crippen MR) is 87.3 cm³/mol. The van der Waals surface area contributed by atoms with Gasteiger partial charge in [-0.05, 0) is 41.3 Å². The summed E-state index contributed by atoms with van der Waals surface area (Å²) in [4.78, 5) is 0. The first-order chi connectivity index (χ1) is 13.1. The lowest BCUT2D eigenvalue weighted by atomic mass is 9.99. The van der Waals surface area contributed by atoms with Crippen LogP contribution in [0, 0.1) is 23.3 Å². The summed E-state index contributed by atoms with van der Waals surface area (Å²) in [6.07, 6.45) is -4.83. The molecule has 2 nitrogen and oxygen atoms in total. The first kappa shape index (κ1) is 19.8. The van der Waals surface area contributed by atoms with Crippen LogP contribution >= 0.6 is 0 Å². The summed E-state index contributed by atoms with van der Waals surface area (Å²) in [7, 11) is 1.33. The highest BCUT2D eigenvalue weighted by Gasteiger charge is 2.30. The van der Waals surface area contributed by atoms with Crippen LogP contribution in [0.3, 0.4) is 0 Å². The average molecular weight is 404 g/mol. The van der Waals surface area contributed by atoms with Crippen molar-refractivity contribution in [2.75, 3.05) is 13.7 Å². The largest absolute Gasteiger partial charge is 0.497 e. The summed E-state index contributed by atoms with van der Waals surface area (Å²) in [5, 5.41) is -1.07. The Morgan fingerprint density at radius 3 is 2.18 bits per heavy atom. The minimum atomic E-state index is -4.83. The molecule has 0 atom stereocenters. The van der Waals surface area contributed by atoms with Crippen LogP contribution in [0.15, 0.2) is 36.4 Å². The van der Waals surface area contributed by atoms with Gasteiger partial charge in [-0.2, -0.15) is 13.2 Å². The average Bonchev–Trinajstić information content (AvgIpc) is 2.59. The Kier molecular flexibility index (Phi) is 5.10. The second kappa shape index (κ2) is 7.21. The monoisotopic (exact) mass is 404 g/mol. The quantitative estimate of drug-likeness (QED) is 0.496. The molecule has 3 rings (SSSR count). The zero-order valence-corrected chi connectivity index (χ0v) is 14.1.